The fourth-order valence-corrected chi connectivity index (χ4v) is 1.58. The first-order chi connectivity index (χ1) is 7.09. The van der Waals surface area contributed by atoms with Gasteiger partial charge < -0.3 is 5.11 Å². The number of nitrogens with zero attached hydrogens (tertiary/aromatic N) is 2. The number of aliphatic carboxylic acids is 1. The molecule has 0 saturated heterocycles. The average molecular weight is 209 g/mol. The first-order valence-electron chi connectivity index (χ1n) is 5.07. The zero-order valence-corrected chi connectivity index (χ0v) is 8.90. The Morgan fingerprint density at radius 2 is 2.40 bits per heavy atom. The largest absolute Gasteiger partial charge is 0.480 e. The molecule has 2 N–H and O–H groups in total. The van der Waals surface area contributed by atoms with E-state index >= 15 is 0 Å². The number of aromatic nitrogens is 2. The predicted octanol–water partition coefficient (Wildman–Crippen LogP) is 0.606. The minimum atomic E-state index is -0.835. The third kappa shape index (κ3) is 2.02. The maximum absolute atomic E-state index is 11.1. The van der Waals surface area contributed by atoms with Crippen molar-refractivity contribution in [1.82, 2.24) is 15.1 Å². The van der Waals surface area contributed by atoms with E-state index in [1.807, 2.05) is 14.0 Å². The van der Waals surface area contributed by atoms with E-state index in [9.17, 15) is 4.79 Å². The number of hydrogen-bond donors (Lipinski definition) is 2. The quantitative estimate of drug-likeness (QED) is 0.762. The van der Waals surface area contributed by atoms with Crippen LogP contribution in [0.2, 0.25) is 0 Å². The van der Waals surface area contributed by atoms with Gasteiger partial charge in [-0.3, -0.25) is 14.8 Å². The lowest BCUT2D eigenvalue weighted by Crippen LogP contribution is -2.30. The van der Waals surface area contributed by atoms with Gasteiger partial charge in [0.05, 0.1) is 6.20 Å². The lowest BCUT2D eigenvalue weighted by atomic mass is 10.1. The lowest BCUT2D eigenvalue weighted by molar-refractivity contribution is -0.139. The second-order valence-electron chi connectivity index (χ2n) is 4.02. The van der Waals surface area contributed by atoms with Gasteiger partial charge in [-0.1, -0.05) is 0 Å². The van der Waals surface area contributed by atoms with Crippen LogP contribution in [0.1, 0.15) is 30.1 Å². The van der Waals surface area contributed by atoms with E-state index in [2.05, 4.69) is 10.4 Å². The van der Waals surface area contributed by atoms with E-state index in [-0.39, 0.29) is 0 Å². The molecular weight excluding hydrogens is 194 g/mol. The summed E-state index contributed by atoms with van der Waals surface area (Å²) in [5, 5.41) is 16.3. The van der Waals surface area contributed by atoms with Gasteiger partial charge in [-0.15, -0.1) is 0 Å². The van der Waals surface area contributed by atoms with Gasteiger partial charge in [-0.05, 0) is 19.8 Å². The molecule has 0 radical (unpaired) electrons. The van der Waals surface area contributed by atoms with Crippen molar-refractivity contribution in [3.8, 4) is 0 Å². The first kappa shape index (κ1) is 10.2. The molecule has 5 heteroatoms. The molecule has 5 nitrogen and oxygen atoms in total. The molecule has 1 aliphatic rings. The van der Waals surface area contributed by atoms with Crippen LogP contribution in [0.4, 0.5) is 0 Å². The maximum atomic E-state index is 11.1. The summed E-state index contributed by atoms with van der Waals surface area (Å²) in [7, 11) is 1.81. The van der Waals surface area contributed by atoms with E-state index < -0.39 is 12.0 Å². The highest BCUT2D eigenvalue weighted by molar-refractivity contribution is 5.75. The summed E-state index contributed by atoms with van der Waals surface area (Å²) in [6.07, 6.45) is 3.77. The van der Waals surface area contributed by atoms with E-state index in [0.29, 0.717) is 6.04 Å². The molecule has 0 spiro atoms. The lowest BCUT2D eigenvalue weighted by Gasteiger charge is -2.13. The molecule has 1 aliphatic carbocycles. The minimum absolute atomic E-state index is 0.366. The standard InChI is InChI=1S/C10H15N3O2/c1-6-8(5-11-13(6)2)9(10(14)15)12-7-3-4-7/h5,7,9,12H,3-4H2,1-2H3,(H,14,15). The van der Waals surface area contributed by atoms with E-state index in [1.54, 1.807) is 10.9 Å². The van der Waals surface area contributed by atoms with Crippen molar-refractivity contribution < 1.29 is 9.90 Å². The topological polar surface area (TPSA) is 67.2 Å². The average Bonchev–Trinajstić information content (AvgIpc) is 2.94. The van der Waals surface area contributed by atoms with Gasteiger partial charge in [0.1, 0.15) is 6.04 Å². The predicted molar refractivity (Wildman–Crippen MR) is 54.5 cm³/mol. The third-order valence-corrected chi connectivity index (χ3v) is 2.81. The van der Waals surface area contributed by atoms with Crippen molar-refractivity contribution in [2.45, 2.75) is 31.8 Å². The Bertz CT molecular complexity index is 382. The molecular formula is C10H15N3O2. The van der Waals surface area contributed by atoms with Crippen LogP contribution in [0.15, 0.2) is 6.20 Å². The molecule has 0 bridgehead atoms. The molecule has 1 atom stereocenters. The fraction of sp³-hybridized carbons (Fsp3) is 0.600. The van der Waals surface area contributed by atoms with Gasteiger partial charge >= 0.3 is 5.97 Å². The Hall–Kier alpha value is -1.36. The first-order valence-corrected chi connectivity index (χ1v) is 5.07. The summed E-state index contributed by atoms with van der Waals surface area (Å²) in [5.74, 6) is -0.835. The van der Waals surface area contributed by atoms with Crippen LogP contribution in [-0.2, 0) is 11.8 Å². The zero-order chi connectivity index (χ0) is 11.0. The highest BCUT2D eigenvalue weighted by Crippen LogP contribution is 2.25. The molecule has 0 amide bonds. The normalized spacial score (nSPS) is 17.7. The van der Waals surface area contributed by atoms with Crippen LogP contribution in [-0.4, -0.2) is 26.9 Å². The van der Waals surface area contributed by atoms with Gasteiger partial charge in [0, 0.05) is 24.3 Å². The number of carbonyl (C=O) groups is 1. The summed E-state index contributed by atoms with van der Waals surface area (Å²) < 4.78 is 1.69. The fourth-order valence-electron chi connectivity index (χ4n) is 1.58. The molecule has 1 fully saturated rings. The third-order valence-electron chi connectivity index (χ3n) is 2.81. The van der Waals surface area contributed by atoms with Crippen LogP contribution in [0.3, 0.4) is 0 Å². The van der Waals surface area contributed by atoms with Crippen molar-refractivity contribution in [2.75, 3.05) is 0 Å². The second kappa shape index (κ2) is 3.66. The molecule has 1 heterocycles. The van der Waals surface area contributed by atoms with E-state index in [4.69, 9.17) is 5.11 Å². The molecule has 0 aromatic carbocycles. The smallest absolute Gasteiger partial charge is 0.325 e. The number of rotatable bonds is 4. The highest BCUT2D eigenvalue weighted by atomic mass is 16.4. The number of carboxylic acids is 1. The SMILES string of the molecule is Cc1c(C(NC2CC2)C(=O)O)cnn1C. The number of hydrogen-bond acceptors (Lipinski definition) is 3. The summed E-state index contributed by atoms with van der Waals surface area (Å²) in [4.78, 5) is 11.1. The van der Waals surface area contributed by atoms with Gasteiger partial charge in [0.2, 0.25) is 0 Å². The van der Waals surface area contributed by atoms with Crippen LogP contribution in [0.25, 0.3) is 0 Å². The van der Waals surface area contributed by atoms with E-state index in [0.717, 1.165) is 24.1 Å². The van der Waals surface area contributed by atoms with Crippen molar-refractivity contribution in [2.24, 2.45) is 7.05 Å². The molecule has 1 aromatic rings. The number of aryl methyl sites for hydroxylation is 1. The van der Waals surface area contributed by atoms with Crippen LogP contribution in [0.5, 0.6) is 0 Å². The highest BCUT2D eigenvalue weighted by Gasteiger charge is 2.31. The molecule has 2 rings (SSSR count). The molecule has 82 valence electrons. The number of carboxylic acid groups (broad SMARTS) is 1. The minimum Gasteiger partial charge on any atom is -0.480 e. The van der Waals surface area contributed by atoms with E-state index in [1.165, 1.54) is 0 Å². The van der Waals surface area contributed by atoms with Gasteiger partial charge in [-0.25, -0.2) is 0 Å². The molecule has 1 unspecified atom stereocenters. The Balaban J connectivity index is 2.22. The van der Waals surface area contributed by atoms with Gasteiger partial charge in [0.15, 0.2) is 0 Å². The number of nitrogens with one attached hydrogen (secondary N) is 1. The summed E-state index contributed by atoms with van der Waals surface area (Å²) in [6.45, 7) is 1.88. The van der Waals surface area contributed by atoms with Crippen molar-refractivity contribution in [1.29, 1.82) is 0 Å². The van der Waals surface area contributed by atoms with Crippen molar-refractivity contribution in [3.05, 3.63) is 17.5 Å². The molecule has 15 heavy (non-hydrogen) atoms. The van der Waals surface area contributed by atoms with Crippen LogP contribution in [0, 0.1) is 6.92 Å². The monoisotopic (exact) mass is 209 g/mol. The molecule has 1 saturated carbocycles. The Labute approximate surface area is 88.1 Å². The van der Waals surface area contributed by atoms with Crippen molar-refractivity contribution >= 4 is 5.97 Å². The van der Waals surface area contributed by atoms with Crippen molar-refractivity contribution in [3.63, 3.8) is 0 Å². The Morgan fingerprint density at radius 1 is 1.73 bits per heavy atom. The summed E-state index contributed by atoms with van der Waals surface area (Å²) in [5.41, 5.74) is 1.66. The Morgan fingerprint density at radius 3 is 2.80 bits per heavy atom. The molecule has 0 aliphatic heterocycles. The summed E-state index contributed by atoms with van der Waals surface area (Å²) >= 11 is 0. The Kier molecular flexibility index (Phi) is 2.48. The molecule has 1 aromatic heterocycles. The van der Waals surface area contributed by atoms with Crippen LogP contribution >= 0.6 is 0 Å². The van der Waals surface area contributed by atoms with Gasteiger partial charge in [-0.2, -0.15) is 5.10 Å². The zero-order valence-electron chi connectivity index (χ0n) is 8.90. The second-order valence-corrected chi connectivity index (χ2v) is 4.02. The maximum Gasteiger partial charge on any atom is 0.325 e. The van der Waals surface area contributed by atoms with Crippen LogP contribution < -0.4 is 5.32 Å². The van der Waals surface area contributed by atoms with Gasteiger partial charge in [0.25, 0.3) is 0 Å². The summed E-state index contributed by atoms with van der Waals surface area (Å²) in [6, 6.07) is -0.253.